The Morgan fingerprint density at radius 1 is 1.22 bits per heavy atom. The Morgan fingerprint density at radius 3 is 2.74 bits per heavy atom. The largest absolute Gasteiger partial charge is 0.496 e. The van der Waals surface area contributed by atoms with Crippen LogP contribution in [0.3, 0.4) is 0 Å². The van der Waals surface area contributed by atoms with E-state index < -0.39 is 10.0 Å². The van der Waals surface area contributed by atoms with Gasteiger partial charge in [-0.3, -0.25) is 0 Å². The molecule has 2 aromatic carbocycles. The van der Waals surface area contributed by atoms with E-state index in [-0.39, 0.29) is 10.9 Å². The molecule has 0 radical (unpaired) electrons. The third kappa shape index (κ3) is 3.54. The van der Waals surface area contributed by atoms with Crippen molar-refractivity contribution < 1.29 is 13.2 Å². The van der Waals surface area contributed by atoms with Crippen LogP contribution in [0, 0.1) is 3.57 Å². The zero-order valence-electron chi connectivity index (χ0n) is 12.8. The average molecular weight is 443 g/mol. The van der Waals surface area contributed by atoms with Crippen molar-refractivity contribution in [3.63, 3.8) is 0 Å². The van der Waals surface area contributed by atoms with E-state index in [4.69, 9.17) is 4.74 Å². The number of benzene rings is 2. The highest BCUT2D eigenvalue weighted by molar-refractivity contribution is 14.1. The molecule has 23 heavy (non-hydrogen) atoms. The first-order chi connectivity index (χ1) is 11.0. The van der Waals surface area contributed by atoms with Gasteiger partial charge in [-0.05, 0) is 71.2 Å². The molecule has 0 amide bonds. The van der Waals surface area contributed by atoms with Gasteiger partial charge in [-0.1, -0.05) is 24.3 Å². The van der Waals surface area contributed by atoms with Gasteiger partial charge >= 0.3 is 0 Å². The van der Waals surface area contributed by atoms with Crippen molar-refractivity contribution in [2.45, 2.75) is 30.2 Å². The zero-order chi connectivity index (χ0) is 16.4. The van der Waals surface area contributed by atoms with E-state index in [2.05, 4.69) is 33.4 Å². The molecule has 0 saturated carbocycles. The maximum absolute atomic E-state index is 12.7. The third-order valence-electron chi connectivity index (χ3n) is 4.10. The van der Waals surface area contributed by atoms with E-state index in [1.165, 1.54) is 5.56 Å². The van der Waals surface area contributed by atoms with Crippen LogP contribution < -0.4 is 9.46 Å². The minimum Gasteiger partial charge on any atom is -0.496 e. The van der Waals surface area contributed by atoms with E-state index in [1.54, 1.807) is 25.3 Å². The van der Waals surface area contributed by atoms with Gasteiger partial charge in [0.25, 0.3) is 0 Å². The van der Waals surface area contributed by atoms with Gasteiger partial charge < -0.3 is 4.74 Å². The SMILES string of the molecule is COc1ccc(S(=O)(=O)N[C@@H]2CCCc3ccccc32)cc1I. The van der Waals surface area contributed by atoms with Gasteiger partial charge in [-0.2, -0.15) is 0 Å². The Morgan fingerprint density at radius 2 is 2.00 bits per heavy atom. The van der Waals surface area contributed by atoms with Crippen molar-refractivity contribution in [1.29, 1.82) is 0 Å². The topological polar surface area (TPSA) is 55.4 Å². The number of nitrogens with one attached hydrogen (secondary N) is 1. The lowest BCUT2D eigenvalue weighted by Gasteiger charge is -2.26. The van der Waals surface area contributed by atoms with Crippen LogP contribution >= 0.6 is 22.6 Å². The van der Waals surface area contributed by atoms with Crippen LogP contribution in [-0.2, 0) is 16.4 Å². The van der Waals surface area contributed by atoms with Gasteiger partial charge in [0, 0.05) is 6.04 Å². The predicted molar refractivity (Wildman–Crippen MR) is 98.2 cm³/mol. The summed E-state index contributed by atoms with van der Waals surface area (Å²) in [5, 5.41) is 0. The fourth-order valence-corrected chi connectivity index (χ4v) is 5.17. The second-order valence-electron chi connectivity index (χ2n) is 5.56. The number of aryl methyl sites for hydroxylation is 1. The number of rotatable bonds is 4. The first-order valence-electron chi connectivity index (χ1n) is 7.45. The molecule has 3 rings (SSSR count). The third-order valence-corrected chi connectivity index (χ3v) is 6.41. The fraction of sp³-hybridized carbons (Fsp3) is 0.294. The van der Waals surface area contributed by atoms with Gasteiger partial charge in [-0.25, -0.2) is 13.1 Å². The molecular weight excluding hydrogens is 425 g/mol. The molecule has 0 aromatic heterocycles. The Bertz CT molecular complexity index is 820. The molecule has 1 aliphatic carbocycles. The summed E-state index contributed by atoms with van der Waals surface area (Å²) in [4.78, 5) is 0.269. The summed E-state index contributed by atoms with van der Waals surface area (Å²) in [6.45, 7) is 0. The average Bonchev–Trinajstić information content (AvgIpc) is 2.55. The Labute approximate surface area is 150 Å². The van der Waals surface area contributed by atoms with Crippen molar-refractivity contribution >= 4 is 32.6 Å². The van der Waals surface area contributed by atoms with Crippen LogP contribution in [0.4, 0.5) is 0 Å². The molecule has 0 unspecified atom stereocenters. The van der Waals surface area contributed by atoms with Crippen LogP contribution in [0.2, 0.25) is 0 Å². The smallest absolute Gasteiger partial charge is 0.241 e. The van der Waals surface area contributed by atoms with Gasteiger partial charge in [0.15, 0.2) is 0 Å². The molecular formula is C17H18INO3S. The number of methoxy groups -OCH3 is 1. The highest BCUT2D eigenvalue weighted by Crippen LogP contribution is 2.31. The van der Waals surface area contributed by atoms with E-state index in [9.17, 15) is 8.42 Å². The lowest BCUT2D eigenvalue weighted by molar-refractivity contribution is 0.411. The first kappa shape index (κ1) is 16.7. The van der Waals surface area contributed by atoms with Crippen LogP contribution in [0.5, 0.6) is 5.75 Å². The molecule has 0 bridgehead atoms. The molecule has 2 aromatic rings. The molecule has 0 aliphatic heterocycles. The molecule has 1 atom stereocenters. The van der Waals surface area contributed by atoms with Crippen molar-refractivity contribution in [2.24, 2.45) is 0 Å². The Kier molecular flexibility index (Phi) is 4.93. The monoisotopic (exact) mass is 443 g/mol. The van der Waals surface area contributed by atoms with E-state index in [0.717, 1.165) is 28.4 Å². The summed E-state index contributed by atoms with van der Waals surface area (Å²) in [5.41, 5.74) is 2.32. The summed E-state index contributed by atoms with van der Waals surface area (Å²) < 4.78 is 34.2. The normalized spacial score (nSPS) is 17.6. The van der Waals surface area contributed by atoms with Gasteiger partial charge in [0.2, 0.25) is 10.0 Å². The predicted octanol–water partition coefficient (Wildman–Crippen LogP) is 3.66. The number of sulfonamides is 1. The lowest BCUT2D eigenvalue weighted by Crippen LogP contribution is -2.31. The molecule has 122 valence electrons. The number of ether oxygens (including phenoxy) is 1. The molecule has 0 heterocycles. The molecule has 1 aliphatic rings. The maximum Gasteiger partial charge on any atom is 0.241 e. The van der Waals surface area contributed by atoms with E-state index >= 15 is 0 Å². The van der Waals surface area contributed by atoms with Crippen LogP contribution in [0.25, 0.3) is 0 Å². The quantitative estimate of drug-likeness (QED) is 0.735. The summed E-state index contributed by atoms with van der Waals surface area (Å²) in [5.74, 6) is 0.674. The molecule has 0 saturated heterocycles. The highest BCUT2D eigenvalue weighted by atomic mass is 127. The van der Waals surface area contributed by atoms with Gasteiger partial charge in [-0.15, -0.1) is 0 Å². The molecule has 1 N–H and O–H groups in total. The van der Waals surface area contributed by atoms with Crippen molar-refractivity contribution in [3.8, 4) is 5.75 Å². The van der Waals surface area contributed by atoms with Crippen molar-refractivity contribution in [3.05, 3.63) is 57.2 Å². The van der Waals surface area contributed by atoms with Crippen LogP contribution in [-0.4, -0.2) is 15.5 Å². The molecule has 0 fully saturated rings. The van der Waals surface area contributed by atoms with Crippen molar-refractivity contribution in [1.82, 2.24) is 4.72 Å². The minimum atomic E-state index is -3.56. The fourth-order valence-electron chi connectivity index (χ4n) is 2.95. The zero-order valence-corrected chi connectivity index (χ0v) is 15.7. The number of fused-ring (bicyclic) bond motifs is 1. The summed E-state index contributed by atoms with van der Waals surface area (Å²) >= 11 is 2.08. The Hall–Kier alpha value is -1.12. The maximum atomic E-state index is 12.7. The van der Waals surface area contributed by atoms with Gasteiger partial charge in [0.05, 0.1) is 15.6 Å². The van der Waals surface area contributed by atoms with Crippen LogP contribution in [0.1, 0.15) is 30.0 Å². The van der Waals surface area contributed by atoms with E-state index in [0.29, 0.717) is 5.75 Å². The Balaban J connectivity index is 1.89. The minimum absolute atomic E-state index is 0.162. The van der Waals surface area contributed by atoms with Gasteiger partial charge in [0.1, 0.15) is 5.75 Å². The van der Waals surface area contributed by atoms with Crippen LogP contribution in [0.15, 0.2) is 47.4 Å². The second-order valence-corrected chi connectivity index (χ2v) is 8.44. The first-order valence-corrected chi connectivity index (χ1v) is 10.0. The molecule has 0 spiro atoms. The highest BCUT2D eigenvalue weighted by Gasteiger charge is 2.25. The molecule has 6 heteroatoms. The number of hydrogen-bond donors (Lipinski definition) is 1. The number of halogens is 1. The lowest BCUT2D eigenvalue weighted by atomic mass is 9.88. The summed E-state index contributed by atoms with van der Waals surface area (Å²) in [6.07, 6.45) is 2.82. The molecule has 4 nitrogen and oxygen atoms in total. The van der Waals surface area contributed by atoms with E-state index in [1.807, 2.05) is 18.2 Å². The summed E-state index contributed by atoms with van der Waals surface area (Å²) in [6, 6.07) is 12.8. The standard InChI is InChI=1S/C17H18INO3S/c1-22-17-10-9-13(11-15(17)18)23(20,21)19-16-8-4-6-12-5-2-3-7-14(12)16/h2-3,5,7,9-11,16,19H,4,6,8H2,1H3/t16-/m1/s1. The summed E-state index contributed by atoms with van der Waals surface area (Å²) in [7, 11) is -1.99. The van der Waals surface area contributed by atoms with Crippen molar-refractivity contribution in [2.75, 3.05) is 7.11 Å². The number of hydrogen-bond acceptors (Lipinski definition) is 3. The second kappa shape index (κ2) is 6.78.